The minimum Gasteiger partial charge on any atom is -0.447 e. The van der Waals surface area contributed by atoms with Crippen LogP contribution in [0.4, 0.5) is 5.69 Å². The first kappa shape index (κ1) is 19.4. The molecule has 29 heavy (non-hydrogen) atoms. The van der Waals surface area contributed by atoms with Crippen molar-refractivity contribution < 1.29 is 9.53 Å². The molecule has 0 aliphatic carbocycles. The van der Waals surface area contributed by atoms with Crippen LogP contribution in [0.2, 0.25) is 0 Å². The first-order valence-electron chi connectivity index (χ1n) is 9.61. The van der Waals surface area contributed by atoms with Crippen LogP contribution in [0.1, 0.15) is 37.6 Å². The Morgan fingerprint density at radius 3 is 2.55 bits per heavy atom. The molecule has 3 aromatic rings. The second kappa shape index (κ2) is 8.21. The Kier molecular flexibility index (Phi) is 5.49. The van der Waals surface area contributed by atoms with Crippen molar-refractivity contribution >= 4 is 23.4 Å². The number of thioether (sulfide) groups is 1. The number of aromatic nitrogens is 3. The van der Waals surface area contributed by atoms with Gasteiger partial charge in [-0.25, -0.2) is 0 Å². The Morgan fingerprint density at radius 2 is 1.86 bits per heavy atom. The van der Waals surface area contributed by atoms with Gasteiger partial charge in [0, 0.05) is 17.5 Å². The molecule has 0 radical (unpaired) electrons. The summed E-state index contributed by atoms with van der Waals surface area (Å²) in [6.45, 7) is 3.97. The van der Waals surface area contributed by atoms with E-state index in [9.17, 15) is 4.79 Å². The van der Waals surface area contributed by atoms with Gasteiger partial charge < -0.3 is 4.74 Å². The largest absolute Gasteiger partial charge is 0.447 e. The molecule has 0 N–H and O–H groups in total. The van der Waals surface area contributed by atoms with Crippen LogP contribution in [0, 0.1) is 0 Å². The predicted molar refractivity (Wildman–Crippen MR) is 114 cm³/mol. The number of carbonyl (C=O) groups is 1. The second-order valence-electron chi connectivity index (χ2n) is 6.65. The Balaban J connectivity index is 1.94. The maximum atomic E-state index is 13.0. The van der Waals surface area contributed by atoms with Crippen molar-refractivity contribution in [3.8, 4) is 17.1 Å². The van der Waals surface area contributed by atoms with Crippen molar-refractivity contribution in [2.24, 2.45) is 0 Å². The van der Waals surface area contributed by atoms with Gasteiger partial charge in [0.05, 0.1) is 5.69 Å². The molecule has 0 unspecified atom stereocenters. The van der Waals surface area contributed by atoms with Gasteiger partial charge in [-0.1, -0.05) is 68.1 Å². The molecule has 1 aromatic heterocycles. The lowest BCUT2D eigenvalue weighted by Crippen LogP contribution is -2.37. The first-order valence-corrected chi connectivity index (χ1v) is 10.8. The highest BCUT2D eigenvalue weighted by atomic mass is 32.2. The summed E-state index contributed by atoms with van der Waals surface area (Å²) in [6, 6.07) is 15.8. The SMILES string of the molecule is CCC(=O)N1c2ccccc2-c2nnc(SC)nc2O[C@H]1c1ccc(CC)cc1. The Bertz CT molecular complexity index is 1040. The van der Waals surface area contributed by atoms with Crippen molar-refractivity contribution in [1.29, 1.82) is 0 Å². The highest BCUT2D eigenvalue weighted by Gasteiger charge is 2.35. The van der Waals surface area contributed by atoms with Gasteiger partial charge in [0.1, 0.15) is 0 Å². The van der Waals surface area contributed by atoms with Crippen LogP contribution in [0.25, 0.3) is 11.3 Å². The molecule has 0 saturated carbocycles. The third-order valence-electron chi connectivity index (χ3n) is 4.94. The molecule has 1 atom stereocenters. The average Bonchev–Trinajstić information content (AvgIpc) is 2.92. The van der Waals surface area contributed by atoms with Gasteiger partial charge in [0.2, 0.25) is 23.2 Å². The lowest BCUT2D eigenvalue weighted by Gasteiger charge is -2.30. The van der Waals surface area contributed by atoms with Crippen LogP contribution in [-0.2, 0) is 11.2 Å². The average molecular weight is 407 g/mol. The third-order valence-corrected chi connectivity index (χ3v) is 5.48. The summed E-state index contributed by atoms with van der Waals surface area (Å²) in [6.07, 6.45) is 2.56. The molecule has 1 aliphatic rings. The number of ether oxygens (including phenoxy) is 1. The topological polar surface area (TPSA) is 68.2 Å². The number of fused-ring (bicyclic) bond motifs is 3. The van der Waals surface area contributed by atoms with Crippen molar-refractivity contribution in [2.75, 3.05) is 11.2 Å². The number of hydrogen-bond donors (Lipinski definition) is 0. The number of carbonyl (C=O) groups excluding carboxylic acids is 1. The number of nitrogens with zero attached hydrogens (tertiary/aromatic N) is 4. The lowest BCUT2D eigenvalue weighted by atomic mass is 10.1. The van der Waals surface area contributed by atoms with Gasteiger partial charge in [0.15, 0.2) is 5.69 Å². The zero-order valence-electron chi connectivity index (χ0n) is 16.6. The maximum Gasteiger partial charge on any atom is 0.247 e. The fourth-order valence-corrected chi connectivity index (χ4v) is 3.67. The van der Waals surface area contributed by atoms with Crippen molar-refractivity contribution in [2.45, 2.75) is 38.1 Å². The molecule has 148 valence electrons. The summed E-state index contributed by atoms with van der Waals surface area (Å²) in [7, 11) is 0. The van der Waals surface area contributed by atoms with E-state index >= 15 is 0 Å². The van der Waals surface area contributed by atoms with Crippen LogP contribution < -0.4 is 9.64 Å². The van der Waals surface area contributed by atoms with Gasteiger partial charge >= 0.3 is 0 Å². The van der Waals surface area contributed by atoms with E-state index in [0.717, 1.165) is 23.2 Å². The minimum absolute atomic E-state index is 0.0344. The Hall–Kier alpha value is -2.93. The van der Waals surface area contributed by atoms with Crippen LogP contribution >= 0.6 is 11.8 Å². The highest BCUT2D eigenvalue weighted by Crippen LogP contribution is 2.43. The smallest absolute Gasteiger partial charge is 0.247 e. The zero-order chi connectivity index (χ0) is 20.4. The fraction of sp³-hybridized carbons (Fsp3) is 0.273. The summed E-state index contributed by atoms with van der Waals surface area (Å²) in [5.74, 6) is 0.348. The molecule has 0 saturated heterocycles. The summed E-state index contributed by atoms with van der Waals surface area (Å²) in [5.41, 5.74) is 4.18. The van der Waals surface area contributed by atoms with Crippen LogP contribution in [-0.4, -0.2) is 27.3 Å². The predicted octanol–water partition coefficient (Wildman–Crippen LogP) is 4.66. The number of rotatable bonds is 4. The fourth-order valence-electron chi connectivity index (χ4n) is 3.37. The number of hydrogen-bond acceptors (Lipinski definition) is 6. The standard InChI is InChI=1S/C22H22N4O2S/c1-4-14-10-12-15(13-11-14)21-26(18(27)5-2)17-9-7-6-8-16(17)19-20(28-21)23-22(29-3)25-24-19/h6-13,21H,4-5H2,1-3H3/t21-/m0/s1. The second-order valence-corrected chi connectivity index (χ2v) is 7.43. The molecule has 6 nitrogen and oxygen atoms in total. The number of amides is 1. The normalized spacial score (nSPS) is 15.1. The first-order chi connectivity index (χ1) is 14.2. The number of aryl methyl sites for hydroxylation is 1. The van der Waals surface area contributed by atoms with Crippen LogP contribution in [0.3, 0.4) is 0 Å². The molecule has 7 heteroatoms. The van der Waals surface area contributed by atoms with Gasteiger partial charge in [-0.2, -0.15) is 4.98 Å². The van der Waals surface area contributed by atoms with E-state index in [2.05, 4.69) is 34.2 Å². The van der Waals surface area contributed by atoms with E-state index in [-0.39, 0.29) is 5.91 Å². The molecule has 1 amide bonds. The molecule has 0 fully saturated rings. The van der Waals surface area contributed by atoms with Gasteiger partial charge in [-0.15, -0.1) is 10.2 Å². The van der Waals surface area contributed by atoms with E-state index in [4.69, 9.17) is 4.74 Å². The molecular weight excluding hydrogens is 384 g/mol. The molecule has 2 aromatic carbocycles. The molecule has 1 aliphatic heterocycles. The van der Waals surface area contributed by atoms with Gasteiger partial charge in [0.25, 0.3) is 0 Å². The Labute approximate surface area is 174 Å². The van der Waals surface area contributed by atoms with Crippen LogP contribution in [0.15, 0.2) is 53.7 Å². The molecular formula is C22H22N4O2S. The zero-order valence-corrected chi connectivity index (χ0v) is 17.4. The van der Waals surface area contributed by atoms with E-state index in [1.807, 2.05) is 49.6 Å². The molecule has 0 bridgehead atoms. The van der Waals surface area contributed by atoms with Gasteiger partial charge in [-0.05, 0) is 24.3 Å². The summed E-state index contributed by atoms with van der Waals surface area (Å²) in [4.78, 5) is 19.3. The molecule has 0 spiro atoms. The summed E-state index contributed by atoms with van der Waals surface area (Å²) in [5, 5.41) is 9.07. The molecule has 2 heterocycles. The molecule has 4 rings (SSSR count). The number of benzene rings is 2. The van der Waals surface area contributed by atoms with E-state index in [1.54, 1.807) is 4.90 Å². The lowest BCUT2D eigenvalue weighted by molar-refractivity contribution is -0.120. The highest BCUT2D eigenvalue weighted by molar-refractivity contribution is 7.98. The van der Waals surface area contributed by atoms with E-state index in [1.165, 1.54) is 17.3 Å². The number of para-hydroxylation sites is 1. The van der Waals surface area contributed by atoms with Crippen molar-refractivity contribution in [3.05, 3.63) is 59.7 Å². The number of anilines is 1. The third kappa shape index (κ3) is 3.58. The maximum absolute atomic E-state index is 13.0. The van der Waals surface area contributed by atoms with Crippen LogP contribution in [0.5, 0.6) is 5.88 Å². The van der Waals surface area contributed by atoms with Crippen molar-refractivity contribution in [1.82, 2.24) is 15.2 Å². The Morgan fingerprint density at radius 1 is 1.10 bits per heavy atom. The van der Waals surface area contributed by atoms with E-state index in [0.29, 0.717) is 23.2 Å². The summed E-state index contributed by atoms with van der Waals surface area (Å²) < 4.78 is 6.36. The van der Waals surface area contributed by atoms with Crippen molar-refractivity contribution in [3.63, 3.8) is 0 Å². The van der Waals surface area contributed by atoms with E-state index < -0.39 is 6.23 Å². The monoisotopic (exact) mass is 406 g/mol. The van der Waals surface area contributed by atoms with Gasteiger partial charge in [-0.3, -0.25) is 9.69 Å². The summed E-state index contributed by atoms with van der Waals surface area (Å²) >= 11 is 1.40. The minimum atomic E-state index is -0.637. The quantitative estimate of drug-likeness (QED) is 0.587.